The Labute approximate surface area is 119 Å². The molecule has 0 saturated carbocycles. The van der Waals surface area contributed by atoms with Crippen molar-refractivity contribution < 1.29 is 0 Å². The average molecular weight is 324 g/mol. The van der Waals surface area contributed by atoms with Gasteiger partial charge in [0.1, 0.15) is 0 Å². The molecule has 1 aromatic heterocycles. The van der Waals surface area contributed by atoms with Gasteiger partial charge in [0.2, 0.25) is 0 Å². The summed E-state index contributed by atoms with van der Waals surface area (Å²) >= 11 is 5.14. The van der Waals surface area contributed by atoms with E-state index in [0.29, 0.717) is 6.54 Å². The van der Waals surface area contributed by atoms with Crippen LogP contribution in [-0.4, -0.2) is 16.5 Å². The minimum atomic E-state index is 0.156. The Morgan fingerprint density at radius 3 is 2.56 bits per heavy atom. The third-order valence-electron chi connectivity index (χ3n) is 2.47. The Bertz CT molecular complexity index is 516. The van der Waals surface area contributed by atoms with E-state index in [2.05, 4.69) is 32.0 Å². The van der Waals surface area contributed by atoms with Crippen LogP contribution in [-0.2, 0) is 0 Å². The highest BCUT2D eigenvalue weighted by Gasteiger charge is 2.15. The van der Waals surface area contributed by atoms with Crippen LogP contribution in [0.1, 0.15) is 16.4 Å². The molecule has 2 N–H and O–H groups in total. The van der Waals surface area contributed by atoms with E-state index in [9.17, 15) is 0 Å². The van der Waals surface area contributed by atoms with Crippen molar-refractivity contribution in [3.63, 3.8) is 0 Å². The molecule has 0 fully saturated rings. The first-order chi connectivity index (χ1) is 8.70. The lowest BCUT2D eigenvalue weighted by Gasteiger charge is -2.15. The smallest absolute Gasteiger partial charge is 0.188 e. The van der Waals surface area contributed by atoms with Gasteiger partial charge in [-0.3, -0.25) is 0 Å². The van der Waals surface area contributed by atoms with Crippen molar-refractivity contribution in [2.75, 3.05) is 6.54 Å². The van der Waals surface area contributed by atoms with Crippen molar-refractivity contribution in [3.05, 3.63) is 52.3 Å². The Hall–Kier alpha value is -0.910. The number of halogens is 1. The van der Waals surface area contributed by atoms with E-state index in [0.717, 1.165) is 15.2 Å². The number of hydrogen-bond donors (Lipinski definition) is 1. The molecule has 0 amide bonds. The molecule has 3 nitrogen and oxygen atoms in total. The summed E-state index contributed by atoms with van der Waals surface area (Å²) in [5.41, 5.74) is 8.09. The number of nitrogens with zero attached hydrogens (tertiary/aromatic N) is 2. The van der Waals surface area contributed by atoms with Gasteiger partial charge >= 0.3 is 0 Å². The summed E-state index contributed by atoms with van der Waals surface area (Å²) in [6.45, 7) is 2.52. The molecule has 2 rings (SSSR count). The summed E-state index contributed by atoms with van der Waals surface area (Å²) in [4.78, 5) is 8.60. The molecule has 0 bridgehead atoms. The lowest BCUT2D eigenvalue weighted by Crippen LogP contribution is -2.10. The molecule has 2 aromatic rings. The molecular weight excluding hydrogens is 310 g/mol. The molecule has 0 aliphatic rings. The first-order valence-electron chi connectivity index (χ1n) is 5.60. The second-order valence-electron chi connectivity index (χ2n) is 3.91. The first kappa shape index (κ1) is 13.5. The monoisotopic (exact) mass is 323 g/mol. The van der Waals surface area contributed by atoms with Crippen molar-refractivity contribution in [3.8, 4) is 0 Å². The van der Waals surface area contributed by atoms with Crippen molar-refractivity contribution in [2.45, 2.75) is 17.3 Å². The van der Waals surface area contributed by atoms with Gasteiger partial charge in [0.15, 0.2) is 5.16 Å². The fourth-order valence-electron chi connectivity index (χ4n) is 1.54. The molecule has 1 unspecified atom stereocenters. The number of nitrogens with two attached hydrogens (primary N) is 1. The van der Waals surface area contributed by atoms with E-state index < -0.39 is 0 Å². The van der Waals surface area contributed by atoms with Crippen LogP contribution in [0.2, 0.25) is 0 Å². The number of hydrogen-bond acceptors (Lipinski definition) is 4. The van der Waals surface area contributed by atoms with Crippen LogP contribution in [0.15, 0.2) is 46.3 Å². The first-order valence-corrected chi connectivity index (χ1v) is 7.27. The van der Waals surface area contributed by atoms with Crippen LogP contribution in [0, 0.1) is 6.92 Å². The second-order valence-corrected chi connectivity index (χ2v) is 5.93. The normalized spacial score (nSPS) is 12.4. The highest BCUT2D eigenvalue weighted by molar-refractivity contribution is 9.10. The topological polar surface area (TPSA) is 51.8 Å². The largest absolute Gasteiger partial charge is 0.329 e. The number of benzene rings is 1. The van der Waals surface area contributed by atoms with Crippen molar-refractivity contribution >= 4 is 27.7 Å². The van der Waals surface area contributed by atoms with E-state index >= 15 is 0 Å². The zero-order valence-corrected chi connectivity index (χ0v) is 12.4. The maximum Gasteiger partial charge on any atom is 0.188 e. The molecular formula is C13H14BrN3S. The van der Waals surface area contributed by atoms with Gasteiger partial charge in [-0.15, -0.1) is 0 Å². The predicted octanol–water partition coefficient (Wildman–Crippen LogP) is 3.34. The van der Waals surface area contributed by atoms with Crippen molar-refractivity contribution in [1.29, 1.82) is 0 Å². The predicted molar refractivity (Wildman–Crippen MR) is 78.6 cm³/mol. The number of rotatable bonds is 4. The summed E-state index contributed by atoms with van der Waals surface area (Å²) < 4.78 is 1.07. The van der Waals surface area contributed by atoms with Crippen molar-refractivity contribution in [2.24, 2.45) is 5.73 Å². The van der Waals surface area contributed by atoms with E-state index in [4.69, 9.17) is 5.73 Å². The molecule has 0 saturated heterocycles. The zero-order chi connectivity index (χ0) is 13.0. The molecule has 0 spiro atoms. The standard InChI is InChI=1S/C13H14BrN3S/c1-9-7-16-13(17-8-9)18-12(6-15)10-4-2-3-5-11(10)14/h2-5,7-8,12H,6,15H2,1H3. The number of aromatic nitrogens is 2. The molecule has 1 aromatic carbocycles. The van der Waals surface area contributed by atoms with Gasteiger partial charge in [0.05, 0.1) is 5.25 Å². The van der Waals surface area contributed by atoms with Crippen LogP contribution in [0.4, 0.5) is 0 Å². The lowest BCUT2D eigenvalue weighted by atomic mass is 10.1. The van der Waals surface area contributed by atoms with Gasteiger partial charge in [0.25, 0.3) is 0 Å². The fourth-order valence-corrected chi connectivity index (χ4v) is 3.17. The molecule has 18 heavy (non-hydrogen) atoms. The Kier molecular flexibility index (Phi) is 4.74. The molecule has 1 atom stereocenters. The maximum absolute atomic E-state index is 5.85. The summed E-state index contributed by atoms with van der Waals surface area (Å²) in [7, 11) is 0. The van der Waals surface area contributed by atoms with Gasteiger partial charge in [0, 0.05) is 23.4 Å². The van der Waals surface area contributed by atoms with Gasteiger partial charge in [-0.1, -0.05) is 45.9 Å². The highest BCUT2D eigenvalue weighted by atomic mass is 79.9. The fraction of sp³-hybridized carbons (Fsp3) is 0.231. The minimum absolute atomic E-state index is 0.156. The van der Waals surface area contributed by atoms with E-state index in [1.54, 1.807) is 11.8 Å². The van der Waals surface area contributed by atoms with Gasteiger partial charge in [-0.05, 0) is 24.1 Å². The molecule has 5 heteroatoms. The SMILES string of the molecule is Cc1cnc(SC(CN)c2ccccc2Br)nc1. The van der Waals surface area contributed by atoms with Gasteiger partial charge in [-0.2, -0.15) is 0 Å². The van der Waals surface area contributed by atoms with Crippen LogP contribution in [0.25, 0.3) is 0 Å². The Balaban J connectivity index is 2.20. The molecule has 0 radical (unpaired) electrons. The van der Waals surface area contributed by atoms with Gasteiger partial charge in [-0.25, -0.2) is 9.97 Å². The summed E-state index contributed by atoms with van der Waals surface area (Å²) in [6, 6.07) is 8.10. The quantitative estimate of drug-likeness (QED) is 0.692. The van der Waals surface area contributed by atoms with Crippen LogP contribution >= 0.6 is 27.7 Å². The third kappa shape index (κ3) is 3.31. The van der Waals surface area contributed by atoms with Gasteiger partial charge < -0.3 is 5.73 Å². The van der Waals surface area contributed by atoms with Crippen LogP contribution in [0.5, 0.6) is 0 Å². The summed E-state index contributed by atoms with van der Waals surface area (Å²) in [6.07, 6.45) is 3.64. The molecule has 0 aliphatic carbocycles. The maximum atomic E-state index is 5.85. The molecule has 94 valence electrons. The van der Waals surface area contributed by atoms with E-state index in [-0.39, 0.29) is 5.25 Å². The third-order valence-corrected chi connectivity index (χ3v) is 4.35. The number of thioether (sulfide) groups is 1. The second kappa shape index (κ2) is 6.31. The molecule has 1 heterocycles. The lowest BCUT2D eigenvalue weighted by molar-refractivity contribution is 0.900. The van der Waals surface area contributed by atoms with Crippen LogP contribution < -0.4 is 5.73 Å². The summed E-state index contributed by atoms with van der Waals surface area (Å²) in [5.74, 6) is 0. The van der Waals surface area contributed by atoms with Crippen molar-refractivity contribution in [1.82, 2.24) is 9.97 Å². The molecule has 0 aliphatic heterocycles. The van der Waals surface area contributed by atoms with E-state index in [1.807, 2.05) is 37.5 Å². The minimum Gasteiger partial charge on any atom is -0.329 e. The Morgan fingerprint density at radius 2 is 1.94 bits per heavy atom. The highest BCUT2D eigenvalue weighted by Crippen LogP contribution is 2.35. The number of aryl methyl sites for hydroxylation is 1. The van der Waals surface area contributed by atoms with Crippen LogP contribution in [0.3, 0.4) is 0 Å². The van der Waals surface area contributed by atoms with E-state index in [1.165, 1.54) is 5.56 Å². The summed E-state index contributed by atoms with van der Waals surface area (Å²) in [5, 5.41) is 0.912. The average Bonchev–Trinajstić information content (AvgIpc) is 2.39. The Morgan fingerprint density at radius 1 is 1.28 bits per heavy atom. The zero-order valence-electron chi connectivity index (χ0n) is 10.0.